The second-order valence-corrected chi connectivity index (χ2v) is 6.37. The molecule has 0 saturated carbocycles. The van der Waals surface area contributed by atoms with Crippen LogP contribution in [0.4, 0.5) is 0 Å². The van der Waals surface area contributed by atoms with Gasteiger partial charge < -0.3 is 9.72 Å². The Balaban J connectivity index is 1.55. The van der Waals surface area contributed by atoms with Gasteiger partial charge in [0, 0.05) is 43.0 Å². The van der Waals surface area contributed by atoms with E-state index in [0.717, 1.165) is 44.9 Å². The number of hydrogen-bond donors (Lipinski definition) is 1. The zero-order valence-electron chi connectivity index (χ0n) is 14.1. The minimum Gasteiger partial charge on any atom is -0.379 e. The van der Waals surface area contributed by atoms with E-state index < -0.39 is 0 Å². The van der Waals surface area contributed by atoms with Crippen LogP contribution < -0.4 is 0 Å². The highest BCUT2D eigenvalue weighted by molar-refractivity contribution is 5.84. The number of aromatic amines is 1. The van der Waals surface area contributed by atoms with Crippen LogP contribution in [0, 0.1) is 0 Å². The number of H-pyrrole nitrogens is 1. The van der Waals surface area contributed by atoms with Crippen molar-refractivity contribution in [3.05, 3.63) is 53.9 Å². The molecule has 2 aromatic heterocycles. The van der Waals surface area contributed by atoms with Crippen LogP contribution in [0.3, 0.4) is 0 Å². The third-order valence-corrected chi connectivity index (χ3v) is 4.79. The van der Waals surface area contributed by atoms with Gasteiger partial charge in [0.05, 0.1) is 13.2 Å². The minimum absolute atomic E-state index is 0.847. The molecule has 4 nitrogen and oxygen atoms in total. The van der Waals surface area contributed by atoms with Crippen molar-refractivity contribution in [2.24, 2.45) is 0 Å². The third-order valence-electron chi connectivity index (χ3n) is 4.79. The number of ether oxygens (including phenoxy) is 1. The summed E-state index contributed by atoms with van der Waals surface area (Å²) in [5, 5.41) is 1.23. The van der Waals surface area contributed by atoms with Gasteiger partial charge in [-0.05, 0) is 29.2 Å². The summed E-state index contributed by atoms with van der Waals surface area (Å²) in [6.07, 6.45) is 5.03. The quantitative estimate of drug-likeness (QED) is 0.798. The van der Waals surface area contributed by atoms with Gasteiger partial charge in [0.2, 0.25) is 0 Å². The number of nitrogens with one attached hydrogen (secondary N) is 1. The van der Waals surface area contributed by atoms with E-state index in [1.54, 1.807) is 0 Å². The summed E-state index contributed by atoms with van der Waals surface area (Å²) in [6.45, 7) is 6.92. The van der Waals surface area contributed by atoms with E-state index in [4.69, 9.17) is 4.74 Å². The van der Waals surface area contributed by atoms with Crippen molar-refractivity contribution >= 4 is 11.0 Å². The van der Waals surface area contributed by atoms with Gasteiger partial charge in [-0.15, -0.1) is 0 Å². The molecule has 24 heavy (non-hydrogen) atoms. The molecule has 1 fully saturated rings. The van der Waals surface area contributed by atoms with Gasteiger partial charge in [0.1, 0.15) is 5.65 Å². The molecule has 1 N–H and O–H groups in total. The Bertz CT molecular complexity index is 817. The van der Waals surface area contributed by atoms with Crippen LogP contribution in [0.2, 0.25) is 0 Å². The molecule has 1 aliphatic rings. The van der Waals surface area contributed by atoms with Crippen LogP contribution >= 0.6 is 0 Å². The maximum atomic E-state index is 5.41. The Morgan fingerprint density at radius 1 is 1.12 bits per heavy atom. The molecule has 0 unspecified atom stereocenters. The Kier molecular flexibility index (Phi) is 4.32. The highest BCUT2D eigenvalue weighted by Gasteiger charge is 2.11. The number of aryl methyl sites for hydroxylation is 1. The fraction of sp³-hybridized carbons (Fsp3) is 0.350. The average molecular weight is 321 g/mol. The molecular formula is C20H23N3O. The normalized spacial score (nSPS) is 15.9. The lowest BCUT2D eigenvalue weighted by Gasteiger charge is -2.26. The van der Waals surface area contributed by atoms with E-state index in [2.05, 4.69) is 58.3 Å². The first-order chi connectivity index (χ1) is 11.8. The number of hydrogen-bond acceptors (Lipinski definition) is 3. The van der Waals surface area contributed by atoms with E-state index in [1.807, 2.05) is 6.20 Å². The summed E-state index contributed by atoms with van der Waals surface area (Å²) in [5.41, 5.74) is 6.04. The highest BCUT2D eigenvalue weighted by Crippen LogP contribution is 2.25. The molecule has 1 aromatic carbocycles. The van der Waals surface area contributed by atoms with Gasteiger partial charge in [-0.25, -0.2) is 4.98 Å². The van der Waals surface area contributed by atoms with Gasteiger partial charge in [0.15, 0.2) is 0 Å². The maximum absolute atomic E-state index is 5.41. The zero-order chi connectivity index (χ0) is 16.4. The molecule has 0 amide bonds. The predicted molar refractivity (Wildman–Crippen MR) is 97.0 cm³/mol. The Morgan fingerprint density at radius 3 is 2.67 bits per heavy atom. The van der Waals surface area contributed by atoms with Crippen molar-refractivity contribution in [2.45, 2.75) is 19.9 Å². The molecular weight excluding hydrogens is 298 g/mol. The van der Waals surface area contributed by atoms with Crippen molar-refractivity contribution in [3.63, 3.8) is 0 Å². The third kappa shape index (κ3) is 3.07. The Morgan fingerprint density at radius 2 is 1.92 bits per heavy atom. The van der Waals surface area contributed by atoms with Gasteiger partial charge >= 0.3 is 0 Å². The SMILES string of the molecule is CCc1c[nH]c2ncc(-c3ccc(CN4CCOCC4)cc3)cc12. The van der Waals surface area contributed by atoms with Crippen LogP contribution in [-0.4, -0.2) is 41.2 Å². The first kappa shape index (κ1) is 15.4. The number of fused-ring (bicyclic) bond motifs is 1. The molecule has 0 atom stereocenters. The summed E-state index contributed by atoms with van der Waals surface area (Å²) in [6, 6.07) is 11.1. The number of pyridine rings is 1. The van der Waals surface area contributed by atoms with Crippen LogP contribution in [0.1, 0.15) is 18.1 Å². The van der Waals surface area contributed by atoms with Crippen molar-refractivity contribution in [2.75, 3.05) is 26.3 Å². The van der Waals surface area contributed by atoms with E-state index in [-0.39, 0.29) is 0 Å². The van der Waals surface area contributed by atoms with Crippen LogP contribution in [-0.2, 0) is 17.7 Å². The Labute approximate surface area is 142 Å². The number of benzene rings is 1. The summed E-state index contributed by atoms with van der Waals surface area (Å²) < 4.78 is 5.41. The molecule has 4 heteroatoms. The molecule has 1 saturated heterocycles. The fourth-order valence-electron chi connectivity index (χ4n) is 3.33. The van der Waals surface area contributed by atoms with Crippen LogP contribution in [0.25, 0.3) is 22.2 Å². The van der Waals surface area contributed by atoms with E-state index in [0.29, 0.717) is 0 Å². The molecule has 0 aliphatic carbocycles. The Hall–Kier alpha value is -2.17. The van der Waals surface area contributed by atoms with Crippen molar-refractivity contribution < 1.29 is 4.74 Å². The topological polar surface area (TPSA) is 41.2 Å². The predicted octanol–water partition coefficient (Wildman–Crippen LogP) is 3.62. The molecule has 3 heterocycles. The van der Waals surface area contributed by atoms with Crippen molar-refractivity contribution in [3.8, 4) is 11.1 Å². The van der Waals surface area contributed by atoms with Crippen LogP contribution in [0.5, 0.6) is 0 Å². The summed E-state index contributed by atoms with van der Waals surface area (Å²) >= 11 is 0. The molecule has 3 aromatic rings. The van der Waals surface area contributed by atoms with Gasteiger partial charge in [0.25, 0.3) is 0 Å². The van der Waals surface area contributed by atoms with Crippen molar-refractivity contribution in [1.29, 1.82) is 0 Å². The highest BCUT2D eigenvalue weighted by atomic mass is 16.5. The van der Waals surface area contributed by atoms with Gasteiger partial charge in [-0.2, -0.15) is 0 Å². The lowest BCUT2D eigenvalue weighted by atomic mass is 10.0. The fourth-order valence-corrected chi connectivity index (χ4v) is 3.33. The summed E-state index contributed by atoms with van der Waals surface area (Å²) in [4.78, 5) is 10.3. The largest absolute Gasteiger partial charge is 0.379 e. The van der Waals surface area contributed by atoms with E-state index >= 15 is 0 Å². The second-order valence-electron chi connectivity index (χ2n) is 6.37. The smallest absolute Gasteiger partial charge is 0.137 e. The summed E-state index contributed by atoms with van der Waals surface area (Å²) in [5.74, 6) is 0. The first-order valence-corrected chi connectivity index (χ1v) is 8.69. The van der Waals surface area contributed by atoms with E-state index in [9.17, 15) is 0 Å². The van der Waals surface area contributed by atoms with Crippen molar-refractivity contribution in [1.82, 2.24) is 14.9 Å². The molecule has 4 rings (SSSR count). The summed E-state index contributed by atoms with van der Waals surface area (Å²) in [7, 11) is 0. The molecule has 1 aliphatic heterocycles. The van der Waals surface area contributed by atoms with Gasteiger partial charge in [-0.1, -0.05) is 31.2 Å². The average Bonchev–Trinajstić information content (AvgIpc) is 3.05. The monoisotopic (exact) mass is 321 g/mol. The zero-order valence-corrected chi connectivity index (χ0v) is 14.1. The standard InChI is InChI=1S/C20H23N3O/c1-2-16-12-21-20-19(16)11-18(13-22-20)17-5-3-15(4-6-17)14-23-7-9-24-10-8-23/h3-6,11-13H,2,7-10,14H2,1H3,(H,21,22). The lowest BCUT2D eigenvalue weighted by Crippen LogP contribution is -2.35. The number of aromatic nitrogens is 2. The molecule has 124 valence electrons. The molecule has 0 spiro atoms. The molecule has 0 bridgehead atoms. The van der Waals surface area contributed by atoms with E-state index in [1.165, 1.54) is 27.6 Å². The number of rotatable bonds is 4. The molecule has 0 radical (unpaired) electrons. The van der Waals surface area contributed by atoms with Gasteiger partial charge in [-0.3, -0.25) is 4.90 Å². The first-order valence-electron chi connectivity index (χ1n) is 8.69. The maximum Gasteiger partial charge on any atom is 0.137 e. The second kappa shape index (κ2) is 6.75. The van der Waals surface area contributed by atoms with Crippen LogP contribution in [0.15, 0.2) is 42.7 Å². The minimum atomic E-state index is 0.847. The number of nitrogens with zero attached hydrogens (tertiary/aromatic N) is 2. The lowest BCUT2D eigenvalue weighted by molar-refractivity contribution is 0.0342. The number of morpholine rings is 1.